The number of aromatic nitrogens is 1. The van der Waals surface area contributed by atoms with Crippen molar-refractivity contribution in [2.45, 2.75) is 12.5 Å². The number of hydrogen-bond acceptors (Lipinski definition) is 6. The molecule has 0 aliphatic carbocycles. The number of benzene rings is 1. The minimum atomic E-state index is -0.747. The Morgan fingerprint density at radius 2 is 2.07 bits per heavy atom. The Bertz CT molecular complexity index is 976. The molecular formula is C22H24ClN3O4. The van der Waals surface area contributed by atoms with Crippen LogP contribution in [0.3, 0.4) is 0 Å². The normalized spacial score (nSPS) is 18.3. The van der Waals surface area contributed by atoms with E-state index >= 15 is 0 Å². The maximum absolute atomic E-state index is 13.0. The highest BCUT2D eigenvalue weighted by molar-refractivity contribution is 6.47. The third-order valence-electron chi connectivity index (χ3n) is 4.97. The molecule has 0 spiro atoms. The maximum Gasteiger partial charge on any atom is 0.295 e. The van der Waals surface area contributed by atoms with Crippen molar-refractivity contribution in [2.75, 3.05) is 34.3 Å². The molecule has 1 saturated heterocycles. The van der Waals surface area contributed by atoms with Crippen LogP contribution in [0.4, 0.5) is 0 Å². The van der Waals surface area contributed by atoms with E-state index in [1.165, 1.54) is 18.1 Å². The second-order valence-electron chi connectivity index (χ2n) is 7.28. The second kappa shape index (κ2) is 9.28. The van der Waals surface area contributed by atoms with Gasteiger partial charge in [-0.3, -0.25) is 14.6 Å². The number of Topliss-reactive ketones (excluding diaryl/α,β-unsaturated/α-hetero) is 1. The van der Waals surface area contributed by atoms with Gasteiger partial charge >= 0.3 is 0 Å². The molecule has 2 heterocycles. The molecule has 2 aromatic rings. The first kappa shape index (κ1) is 21.8. The molecule has 0 saturated carbocycles. The van der Waals surface area contributed by atoms with Crippen molar-refractivity contribution in [3.8, 4) is 5.75 Å². The summed E-state index contributed by atoms with van der Waals surface area (Å²) in [6, 6.07) is 7.52. The van der Waals surface area contributed by atoms with Gasteiger partial charge in [0.25, 0.3) is 11.7 Å². The minimum absolute atomic E-state index is 0.00648. The molecule has 0 radical (unpaired) electrons. The average molecular weight is 430 g/mol. The van der Waals surface area contributed by atoms with E-state index in [1.54, 1.807) is 36.7 Å². The van der Waals surface area contributed by atoms with Crippen molar-refractivity contribution in [1.82, 2.24) is 14.8 Å². The first-order valence-corrected chi connectivity index (χ1v) is 9.90. The smallest absolute Gasteiger partial charge is 0.295 e. The van der Waals surface area contributed by atoms with E-state index in [4.69, 9.17) is 16.3 Å². The molecule has 1 aliphatic heterocycles. The molecule has 3 rings (SSSR count). The van der Waals surface area contributed by atoms with Crippen LogP contribution < -0.4 is 4.74 Å². The Labute approximate surface area is 180 Å². The highest BCUT2D eigenvalue weighted by atomic mass is 35.5. The summed E-state index contributed by atoms with van der Waals surface area (Å²) >= 11 is 6.28. The Morgan fingerprint density at radius 3 is 2.70 bits per heavy atom. The van der Waals surface area contributed by atoms with Gasteiger partial charge in [0.15, 0.2) is 0 Å². The summed E-state index contributed by atoms with van der Waals surface area (Å²) in [5.74, 6) is -1.26. The van der Waals surface area contributed by atoms with E-state index in [2.05, 4.69) is 4.98 Å². The zero-order valence-corrected chi connectivity index (χ0v) is 17.9. The molecule has 1 aliphatic rings. The van der Waals surface area contributed by atoms with E-state index in [1.807, 2.05) is 19.0 Å². The van der Waals surface area contributed by atoms with Crippen LogP contribution in [-0.2, 0) is 9.59 Å². The minimum Gasteiger partial charge on any atom is -0.507 e. The lowest BCUT2D eigenvalue weighted by molar-refractivity contribution is -0.139. The molecule has 30 heavy (non-hydrogen) atoms. The highest BCUT2D eigenvalue weighted by Crippen LogP contribution is 2.40. The van der Waals surface area contributed by atoms with Crippen LogP contribution in [0.1, 0.15) is 23.6 Å². The van der Waals surface area contributed by atoms with E-state index in [0.717, 1.165) is 6.54 Å². The average Bonchev–Trinajstić information content (AvgIpc) is 2.99. The first-order chi connectivity index (χ1) is 14.3. The Kier molecular flexibility index (Phi) is 6.74. The topological polar surface area (TPSA) is 83.0 Å². The molecule has 1 aromatic carbocycles. The fourth-order valence-electron chi connectivity index (χ4n) is 3.51. The number of likely N-dealkylation sites (tertiary alicyclic amines) is 1. The molecule has 1 amide bonds. The molecule has 158 valence electrons. The van der Waals surface area contributed by atoms with Crippen molar-refractivity contribution >= 4 is 29.1 Å². The molecule has 8 heteroatoms. The van der Waals surface area contributed by atoms with Crippen LogP contribution >= 0.6 is 11.6 Å². The maximum atomic E-state index is 13.0. The lowest BCUT2D eigenvalue weighted by Crippen LogP contribution is -2.32. The number of nitrogens with zero attached hydrogens (tertiary/aromatic N) is 3. The lowest BCUT2D eigenvalue weighted by Gasteiger charge is -2.25. The number of hydrogen-bond donors (Lipinski definition) is 1. The van der Waals surface area contributed by atoms with Crippen LogP contribution in [0.25, 0.3) is 5.76 Å². The van der Waals surface area contributed by atoms with Crippen molar-refractivity contribution in [3.63, 3.8) is 0 Å². The Morgan fingerprint density at radius 1 is 1.30 bits per heavy atom. The van der Waals surface area contributed by atoms with Gasteiger partial charge in [0, 0.05) is 24.5 Å². The molecule has 1 N–H and O–H groups in total. The van der Waals surface area contributed by atoms with Crippen LogP contribution in [0.2, 0.25) is 5.02 Å². The molecule has 7 nitrogen and oxygen atoms in total. The van der Waals surface area contributed by atoms with Crippen molar-refractivity contribution in [2.24, 2.45) is 0 Å². The lowest BCUT2D eigenvalue weighted by atomic mass is 9.96. The van der Waals surface area contributed by atoms with Gasteiger partial charge in [-0.2, -0.15) is 0 Å². The van der Waals surface area contributed by atoms with Crippen LogP contribution in [0, 0.1) is 0 Å². The second-order valence-corrected chi connectivity index (χ2v) is 7.69. The number of amides is 1. The van der Waals surface area contributed by atoms with Gasteiger partial charge in [0.2, 0.25) is 0 Å². The van der Waals surface area contributed by atoms with E-state index in [9.17, 15) is 14.7 Å². The van der Waals surface area contributed by atoms with Gasteiger partial charge in [-0.05, 0) is 56.9 Å². The number of carbonyl (C=O) groups is 2. The van der Waals surface area contributed by atoms with Crippen LogP contribution in [-0.4, -0.2) is 65.9 Å². The molecule has 1 aromatic heterocycles. The van der Waals surface area contributed by atoms with Gasteiger partial charge in [-0.25, -0.2) is 0 Å². The number of halogens is 1. The molecule has 1 fully saturated rings. The quantitative estimate of drug-likeness (QED) is 0.413. The fourth-order valence-corrected chi connectivity index (χ4v) is 3.72. The number of aliphatic hydroxyl groups excluding tert-OH is 1. The van der Waals surface area contributed by atoms with Crippen molar-refractivity contribution < 1.29 is 19.4 Å². The summed E-state index contributed by atoms with van der Waals surface area (Å²) in [7, 11) is 5.38. The van der Waals surface area contributed by atoms with Gasteiger partial charge in [-0.15, -0.1) is 0 Å². The number of rotatable bonds is 7. The molecular weight excluding hydrogens is 406 g/mol. The van der Waals surface area contributed by atoms with Gasteiger partial charge in [0.05, 0.1) is 23.7 Å². The monoisotopic (exact) mass is 429 g/mol. The Hall–Kier alpha value is -2.90. The van der Waals surface area contributed by atoms with Crippen LogP contribution in [0.5, 0.6) is 5.75 Å². The fraction of sp³-hybridized carbons (Fsp3) is 0.318. The standard InChI is InChI=1S/C22H24ClN3O4/c1-25(2)10-5-11-26-19(14-6-4-9-24-13-14)18(21(28)22(26)29)20(27)16-12-15(30-3)7-8-17(16)23/h4,6-9,12-13,19,27H,5,10-11H2,1-3H3/b20-18+. The van der Waals surface area contributed by atoms with Gasteiger partial charge < -0.3 is 19.6 Å². The SMILES string of the molecule is COc1ccc(Cl)c(/C(O)=C2\C(=O)C(=O)N(CCCN(C)C)C2c2cccnc2)c1. The number of aliphatic hydroxyl groups is 1. The number of pyridine rings is 1. The predicted molar refractivity (Wildman–Crippen MR) is 114 cm³/mol. The van der Waals surface area contributed by atoms with E-state index < -0.39 is 17.7 Å². The van der Waals surface area contributed by atoms with E-state index in [0.29, 0.717) is 24.3 Å². The summed E-state index contributed by atoms with van der Waals surface area (Å²) in [4.78, 5) is 33.4. The third kappa shape index (κ3) is 4.32. The van der Waals surface area contributed by atoms with Crippen molar-refractivity contribution in [3.05, 3.63) is 64.4 Å². The first-order valence-electron chi connectivity index (χ1n) is 9.52. The molecule has 1 atom stereocenters. The Balaban J connectivity index is 2.12. The van der Waals surface area contributed by atoms with Crippen LogP contribution in [0.15, 0.2) is 48.3 Å². The number of ketones is 1. The number of carbonyl (C=O) groups excluding carboxylic acids is 2. The predicted octanol–water partition coefficient (Wildman–Crippen LogP) is 3.12. The summed E-state index contributed by atoms with van der Waals surface area (Å²) in [5, 5.41) is 11.3. The third-order valence-corrected chi connectivity index (χ3v) is 5.30. The molecule has 1 unspecified atom stereocenters. The highest BCUT2D eigenvalue weighted by Gasteiger charge is 2.46. The molecule has 0 bridgehead atoms. The number of ether oxygens (including phenoxy) is 1. The van der Waals surface area contributed by atoms with Gasteiger partial charge in [0.1, 0.15) is 11.5 Å². The summed E-state index contributed by atoms with van der Waals surface area (Å²) in [5.41, 5.74) is 0.867. The summed E-state index contributed by atoms with van der Waals surface area (Å²) < 4.78 is 5.21. The zero-order valence-electron chi connectivity index (χ0n) is 17.1. The summed E-state index contributed by atoms with van der Waals surface area (Å²) in [6.45, 7) is 1.12. The summed E-state index contributed by atoms with van der Waals surface area (Å²) in [6.07, 6.45) is 3.88. The van der Waals surface area contributed by atoms with Crippen molar-refractivity contribution in [1.29, 1.82) is 0 Å². The largest absolute Gasteiger partial charge is 0.507 e. The zero-order chi connectivity index (χ0) is 21.8. The number of methoxy groups -OCH3 is 1. The van der Waals surface area contributed by atoms with E-state index in [-0.39, 0.29) is 21.9 Å². The van der Waals surface area contributed by atoms with Gasteiger partial charge in [-0.1, -0.05) is 17.7 Å².